The van der Waals surface area contributed by atoms with Crippen LogP contribution < -0.4 is 14.4 Å². The second-order valence-electron chi connectivity index (χ2n) is 7.07. The molecule has 0 spiro atoms. The van der Waals surface area contributed by atoms with Crippen LogP contribution in [-0.4, -0.2) is 27.5 Å². The van der Waals surface area contributed by atoms with Crippen LogP contribution in [-0.2, 0) is 14.8 Å². The van der Waals surface area contributed by atoms with E-state index in [-0.39, 0.29) is 20.6 Å². The Kier molecular flexibility index (Phi) is 8.02. The van der Waals surface area contributed by atoms with Crippen molar-refractivity contribution < 1.29 is 17.9 Å². The molecule has 0 bridgehead atoms. The number of benzene rings is 3. The van der Waals surface area contributed by atoms with Gasteiger partial charge in [0.25, 0.3) is 10.0 Å². The monoisotopic (exact) mass is 504 g/mol. The number of hydrogen-bond donors (Lipinski definition) is 1. The molecule has 0 aliphatic rings. The van der Waals surface area contributed by atoms with E-state index in [9.17, 15) is 13.2 Å². The fourth-order valence-corrected chi connectivity index (χ4v) is 4.82. The van der Waals surface area contributed by atoms with E-state index in [1.807, 2.05) is 6.92 Å². The van der Waals surface area contributed by atoms with Crippen LogP contribution in [0.15, 0.2) is 84.3 Å². The van der Waals surface area contributed by atoms with Gasteiger partial charge in [0, 0.05) is 5.69 Å². The molecule has 3 aromatic carbocycles. The van der Waals surface area contributed by atoms with E-state index in [1.165, 1.54) is 18.2 Å². The largest absolute Gasteiger partial charge is 0.490 e. The molecule has 0 heterocycles. The zero-order valence-corrected chi connectivity index (χ0v) is 20.1. The van der Waals surface area contributed by atoms with Gasteiger partial charge in [-0.2, -0.15) is 0 Å². The summed E-state index contributed by atoms with van der Waals surface area (Å²) in [5.41, 5.74) is 1.49. The van der Waals surface area contributed by atoms with Crippen molar-refractivity contribution in [2.45, 2.75) is 11.8 Å². The standard InChI is InChI=1S/C24H22Cl2N2O4S/c1-3-15-32-19-11-9-18(10-12-19)27-23(29)16-28(22-6-4-5-21(25)24(22)26)33(30,31)20-13-7-17(2)8-14-20/h3-14H,1,15-16H2,2H3,(H,27,29). The number of carbonyl (C=O) groups is 1. The predicted octanol–water partition coefficient (Wildman–Crippen LogP) is 5.70. The van der Waals surface area contributed by atoms with Gasteiger partial charge in [-0.05, 0) is 55.5 Å². The Morgan fingerprint density at radius 1 is 1.06 bits per heavy atom. The molecule has 0 atom stereocenters. The number of nitrogens with zero attached hydrogens (tertiary/aromatic N) is 1. The lowest BCUT2D eigenvalue weighted by Gasteiger charge is -2.25. The Morgan fingerprint density at radius 3 is 2.36 bits per heavy atom. The fourth-order valence-electron chi connectivity index (χ4n) is 2.94. The summed E-state index contributed by atoms with van der Waals surface area (Å²) in [4.78, 5) is 12.9. The second-order valence-corrected chi connectivity index (χ2v) is 9.72. The zero-order chi connectivity index (χ0) is 24.0. The second kappa shape index (κ2) is 10.7. The third-order valence-electron chi connectivity index (χ3n) is 4.60. The third kappa shape index (κ3) is 6.07. The number of nitrogens with one attached hydrogen (secondary N) is 1. The summed E-state index contributed by atoms with van der Waals surface area (Å²) in [6.45, 7) is 5.29. The molecule has 0 saturated heterocycles. The van der Waals surface area contributed by atoms with Crippen molar-refractivity contribution >= 4 is 50.5 Å². The van der Waals surface area contributed by atoms with Crippen LogP contribution in [0.3, 0.4) is 0 Å². The van der Waals surface area contributed by atoms with E-state index in [2.05, 4.69) is 11.9 Å². The Labute approximate surface area is 203 Å². The van der Waals surface area contributed by atoms with Crippen molar-refractivity contribution in [3.05, 3.63) is 95.0 Å². The van der Waals surface area contributed by atoms with Crippen LogP contribution in [0.1, 0.15) is 5.56 Å². The lowest BCUT2D eigenvalue weighted by atomic mass is 10.2. The number of ether oxygens (including phenoxy) is 1. The zero-order valence-electron chi connectivity index (χ0n) is 17.8. The minimum absolute atomic E-state index is 0.0284. The lowest BCUT2D eigenvalue weighted by Crippen LogP contribution is -2.38. The maximum absolute atomic E-state index is 13.5. The molecule has 0 radical (unpaired) electrons. The normalized spacial score (nSPS) is 11.0. The van der Waals surface area contributed by atoms with Crippen LogP contribution >= 0.6 is 23.2 Å². The van der Waals surface area contributed by atoms with Crippen LogP contribution in [0.25, 0.3) is 0 Å². The summed E-state index contributed by atoms with van der Waals surface area (Å²) in [6, 6.07) is 17.6. The number of halogens is 2. The van der Waals surface area contributed by atoms with Crippen molar-refractivity contribution in [1.82, 2.24) is 0 Å². The minimum Gasteiger partial charge on any atom is -0.490 e. The molecule has 3 aromatic rings. The SMILES string of the molecule is C=CCOc1ccc(NC(=O)CN(c2cccc(Cl)c2Cl)S(=O)(=O)c2ccc(C)cc2)cc1. The van der Waals surface area contributed by atoms with Crippen molar-refractivity contribution in [2.24, 2.45) is 0 Å². The molecule has 9 heteroatoms. The highest BCUT2D eigenvalue weighted by molar-refractivity contribution is 7.92. The van der Waals surface area contributed by atoms with E-state index in [4.69, 9.17) is 27.9 Å². The van der Waals surface area contributed by atoms with E-state index >= 15 is 0 Å². The van der Waals surface area contributed by atoms with Gasteiger partial charge >= 0.3 is 0 Å². The molecule has 0 aliphatic carbocycles. The fraction of sp³-hybridized carbons (Fsp3) is 0.125. The summed E-state index contributed by atoms with van der Waals surface area (Å²) < 4.78 is 33.3. The number of sulfonamides is 1. The van der Waals surface area contributed by atoms with Gasteiger partial charge in [-0.25, -0.2) is 8.42 Å². The molecule has 0 aliphatic heterocycles. The molecular weight excluding hydrogens is 483 g/mol. The number of rotatable bonds is 9. The predicted molar refractivity (Wildman–Crippen MR) is 133 cm³/mol. The molecule has 3 rings (SSSR count). The van der Waals surface area contributed by atoms with Gasteiger partial charge in [0.2, 0.25) is 5.91 Å². The first kappa shape index (κ1) is 24.6. The Morgan fingerprint density at radius 2 is 1.73 bits per heavy atom. The van der Waals surface area contributed by atoms with Crippen LogP contribution in [0.2, 0.25) is 10.0 Å². The molecule has 0 fully saturated rings. The van der Waals surface area contributed by atoms with Crippen LogP contribution in [0, 0.1) is 6.92 Å². The Bertz CT molecular complexity index is 1240. The topological polar surface area (TPSA) is 75.7 Å². The first-order valence-corrected chi connectivity index (χ1v) is 12.1. The number of hydrogen-bond acceptors (Lipinski definition) is 4. The first-order chi connectivity index (χ1) is 15.7. The lowest BCUT2D eigenvalue weighted by molar-refractivity contribution is -0.114. The first-order valence-electron chi connectivity index (χ1n) is 9.89. The highest BCUT2D eigenvalue weighted by Gasteiger charge is 2.29. The molecule has 1 N–H and O–H groups in total. The maximum Gasteiger partial charge on any atom is 0.264 e. The number of anilines is 2. The summed E-state index contributed by atoms with van der Waals surface area (Å²) in [5.74, 6) is 0.0590. The van der Waals surface area contributed by atoms with Gasteiger partial charge in [-0.1, -0.05) is 59.6 Å². The van der Waals surface area contributed by atoms with Crippen LogP contribution in [0.4, 0.5) is 11.4 Å². The highest BCUT2D eigenvalue weighted by atomic mass is 35.5. The molecule has 1 amide bonds. The molecule has 0 unspecified atom stereocenters. The molecule has 172 valence electrons. The van der Waals surface area contributed by atoms with Gasteiger partial charge in [-0.3, -0.25) is 9.10 Å². The van der Waals surface area contributed by atoms with Crippen LogP contribution in [0.5, 0.6) is 5.75 Å². The molecule has 6 nitrogen and oxygen atoms in total. The van der Waals surface area contributed by atoms with E-state index < -0.39 is 22.5 Å². The molecule has 0 aromatic heterocycles. The smallest absolute Gasteiger partial charge is 0.264 e. The average molecular weight is 505 g/mol. The Hall–Kier alpha value is -3.00. The molecular formula is C24H22Cl2N2O4S. The third-order valence-corrected chi connectivity index (χ3v) is 7.18. The van der Waals surface area contributed by atoms with Crippen molar-refractivity contribution in [3.63, 3.8) is 0 Å². The van der Waals surface area contributed by atoms with Gasteiger partial charge in [0.1, 0.15) is 18.9 Å². The quantitative estimate of drug-likeness (QED) is 0.379. The van der Waals surface area contributed by atoms with Gasteiger partial charge < -0.3 is 10.1 Å². The summed E-state index contributed by atoms with van der Waals surface area (Å²) in [5, 5.41) is 2.90. The molecule has 33 heavy (non-hydrogen) atoms. The van der Waals surface area contributed by atoms with Gasteiger partial charge in [0.15, 0.2) is 0 Å². The number of aryl methyl sites for hydroxylation is 1. The maximum atomic E-state index is 13.5. The Balaban J connectivity index is 1.90. The average Bonchev–Trinajstić information content (AvgIpc) is 2.79. The number of carbonyl (C=O) groups excluding carboxylic acids is 1. The van der Waals surface area contributed by atoms with Crippen molar-refractivity contribution in [3.8, 4) is 5.75 Å². The van der Waals surface area contributed by atoms with E-state index in [0.717, 1.165) is 9.87 Å². The number of amides is 1. The van der Waals surface area contributed by atoms with Gasteiger partial charge in [0.05, 0.1) is 20.6 Å². The van der Waals surface area contributed by atoms with E-state index in [0.29, 0.717) is 18.0 Å². The summed E-state index contributed by atoms with van der Waals surface area (Å²) in [7, 11) is -4.11. The summed E-state index contributed by atoms with van der Waals surface area (Å²) >= 11 is 12.4. The summed E-state index contributed by atoms with van der Waals surface area (Å²) in [6.07, 6.45) is 1.62. The minimum atomic E-state index is -4.11. The van der Waals surface area contributed by atoms with Crippen molar-refractivity contribution in [2.75, 3.05) is 22.8 Å². The van der Waals surface area contributed by atoms with E-state index in [1.54, 1.807) is 54.6 Å². The highest BCUT2D eigenvalue weighted by Crippen LogP contribution is 2.35. The van der Waals surface area contributed by atoms with Crippen molar-refractivity contribution in [1.29, 1.82) is 0 Å². The molecule has 0 saturated carbocycles. The van der Waals surface area contributed by atoms with Gasteiger partial charge in [-0.15, -0.1) is 0 Å².